The normalized spacial score (nSPS) is 11.9. The molecule has 0 heterocycles. The summed E-state index contributed by atoms with van der Waals surface area (Å²) in [5.41, 5.74) is 0.943. The maximum absolute atomic E-state index is 13.9. The average Bonchev–Trinajstić information content (AvgIpc) is 2.48. The summed E-state index contributed by atoms with van der Waals surface area (Å²) in [5.74, 6) is -3.21. The summed E-state index contributed by atoms with van der Waals surface area (Å²) < 4.78 is 13.9. The summed E-state index contributed by atoms with van der Waals surface area (Å²) in [4.78, 5) is 23.6. The van der Waals surface area contributed by atoms with Crippen LogP contribution in [0.5, 0.6) is 0 Å². The van der Waals surface area contributed by atoms with Gasteiger partial charge in [0.15, 0.2) is 5.78 Å². The van der Waals surface area contributed by atoms with E-state index in [9.17, 15) is 14.0 Å². The lowest BCUT2D eigenvalue weighted by molar-refractivity contribution is -0.140. The number of hydrogen-bond acceptors (Lipinski definition) is 2. The van der Waals surface area contributed by atoms with Crippen molar-refractivity contribution >= 4 is 11.8 Å². The van der Waals surface area contributed by atoms with E-state index in [1.807, 2.05) is 0 Å². The van der Waals surface area contributed by atoms with E-state index in [1.165, 1.54) is 12.1 Å². The molecule has 1 atom stereocenters. The van der Waals surface area contributed by atoms with E-state index < -0.39 is 23.5 Å². The van der Waals surface area contributed by atoms with Gasteiger partial charge in [0.05, 0.1) is 0 Å². The van der Waals surface area contributed by atoms with E-state index in [2.05, 4.69) is 0 Å². The van der Waals surface area contributed by atoms with Crippen molar-refractivity contribution in [1.29, 1.82) is 0 Å². The van der Waals surface area contributed by atoms with Gasteiger partial charge in [-0.2, -0.15) is 0 Å². The van der Waals surface area contributed by atoms with E-state index in [-0.39, 0.29) is 12.0 Å². The maximum atomic E-state index is 13.9. The lowest BCUT2D eigenvalue weighted by Gasteiger charge is -2.13. The van der Waals surface area contributed by atoms with Crippen molar-refractivity contribution in [2.45, 2.75) is 13.3 Å². The molecular formula is C17H15FO3. The van der Waals surface area contributed by atoms with Crippen LogP contribution in [0.25, 0.3) is 11.1 Å². The zero-order chi connectivity index (χ0) is 15.4. The third-order valence-corrected chi connectivity index (χ3v) is 3.38. The molecule has 2 rings (SSSR count). The Bertz CT molecular complexity index is 679. The Morgan fingerprint density at radius 3 is 2.19 bits per heavy atom. The fourth-order valence-corrected chi connectivity index (χ4v) is 2.27. The predicted octanol–water partition coefficient (Wildman–Crippen LogP) is 3.79. The Labute approximate surface area is 122 Å². The molecule has 0 bridgehead atoms. The summed E-state index contributed by atoms with van der Waals surface area (Å²) >= 11 is 0. The molecule has 0 aliphatic heterocycles. The van der Waals surface area contributed by atoms with Crippen molar-refractivity contribution in [3.8, 4) is 11.1 Å². The minimum atomic E-state index is -1.16. The van der Waals surface area contributed by atoms with Gasteiger partial charge >= 0.3 is 5.97 Å². The number of carbonyl (C=O) groups is 2. The number of Topliss-reactive ketones (excluding diaryl/α,β-unsaturated/α-hetero) is 1. The van der Waals surface area contributed by atoms with Gasteiger partial charge in [-0.3, -0.25) is 9.59 Å². The molecule has 0 saturated heterocycles. The van der Waals surface area contributed by atoms with Crippen molar-refractivity contribution in [3.05, 3.63) is 59.9 Å². The van der Waals surface area contributed by atoms with E-state index in [0.717, 1.165) is 0 Å². The molecule has 3 nitrogen and oxygen atoms in total. The first kappa shape index (κ1) is 14.9. The van der Waals surface area contributed by atoms with Crippen LogP contribution in [0.15, 0.2) is 48.5 Å². The van der Waals surface area contributed by atoms with Crippen LogP contribution in [0.3, 0.4) is 0 Å². The van der Waals surface area contributed by atoms with Gasteiger partial charge in [-0.15, -0.1) is 0 Å². The summed E-state index contributed by atoms with van der Waals surface area (Å²) in [6, 6.07) is 12.6. The molecular weight excluding hydrogens is 271 g/mol. The summed E-state index contributed by atoms with van der Waals surface area (Å²) in [5, 5.41) is 9.13. The van der Waals surface area contributed by atoms with Crippen LogP contribution in [0.2, 0.25) is 0 Å². The number of benzene rings is 2. The highest BCUT2D eigenvalue weighted by Gasteiger charge is 2.27. The zero-order valence-electron chi connectivity index (χ0n) is 11.5. The van der Waals surface area contributed by atoms with E-state index >= 15 is 0 Å². The second-order valence-electron chi connectivity index (χ2n) is 4.69. The van der Waals surface area contributed by atoms with Crippen LogP contribution in [0.1, 0.15) is 23.7 Å². The van der Waals surface area contributed by atoms with Crippen LogP contribution >= 0.6 is 0 Å². The number of rotatable bonds is 5. The molecule has 21 heavy (non-hydrogen) atoms. The average molecular weight is 286 g/mol. The number of aliphatic carboxylic acids is 1. The Morgan fingerprint density at radius 1 is 1.05 bits per heavy atom. The van der Waals surface area contributed by atoms with Crippen molar-refractivity contribution in [2.24, 2.45) is 5.92 Å². The van der Waals surface area contributed by atoms with E-state index in [4.69, 9.17) is 5.11 Å². The first-order valence-electron chi connectivity index (χ1n) is 6.67. The Morgan fingerprint density at radius 2 is 1.62 bits per heavy atom. The molecule has 2 aromatic rings. The Kier molecular flexibility index (Phi) is 4.48. The molecule has 0 amide bonds. The molecule has 4 heteroatoms. The molecule has 0 fully saturated rings. The SMILES string of the molecule is CCC(C(=O)O)C(=O)c1ccccc1-c1ccccc1F. The maximum Gasteiger partial charge on any atom is 0.314 e. The highest BCUT2D eigenvalue weighted by atomic mass is 19.1. The summed E-state index contributed by atoms with van der Waals surface area (Å²) in [6.45, 7) is 1.64. The monoisotopic (exact) mass is 286 g/mol. The largest absolute Gasteiger partial charge is 0.481 e. The predicted molar refractivity (Wildman–Crippen MR) is 77.6 cm³/mol. The van der Waals surface area contributed by atoms with Crippen LogP contribution in [0.4, 0.5) is 4.39 Å². The molecule has 2 aromatic carbocycles. The van der Waals surface area contributed by atoms with Gasteiger partial charge < -0.3 is 5.11 Å². The molecule has 0 saturated carbocycles. The molecule has 1 N–H and O–H groups in total. The lowest BCUT2D eigenvalue weighted by Crippen LogP contribution is -2.23. The molecule has 108 valence electrons. The van der Waals surface area contributed by atoms with Crippen LogP contribution in [0, 0.1) is 11.7 Å². The van der Waals surface area contributed by atoms with E-state index in [0.29, 0.717) is 11.1 Å². The second-order valence-corrected chi connectivity index (χ2v) is 4.69. The standard InChI is InChI=1S/C17H15FO3/c1-2-11(17(20)21)16(19)14-9-4-3-7-12(14)13-8-5-6-10-15(13)18/h3-11H,2H2,1H3,(H,20,21). The number of carbonyl (C=O) groups excluding carboxylic acids is 1. The van der Waals surface area contributed by atoms with Gasteiger partial charge in [0, 0.05) is 11.1 Å². The van der Waals surface area contributed by atoms with Gasteiger partial charge in [0.25, 0.3) is 0 Å². The minimum Gasteiger partial charge on any atom is -0.481 e. The molecule has 0 aliphatic carbocycles. The lowest BCUT2D eigenvalue weighted by atomic mass is 9.89. The Balaban J connectivity index is 2.54. The highest BCUT2D eigenvalue weighted by molar-refractivity contribution is 6.11. The van der Waals surface area contributed by atoms with Crippen molar-refractivity contribution in [1.82, 2.24) is 0 Å². The number of hydrogen-bond donors (Lipinski definition) is 1. The first-order chi connectivity index (χ1) is 10.1. The zero-order valence-corrected chi connectivity index (χ0v) is 11.5. The molecule has 0 spiro atoms. The van der Waals surface area contributed by atoms with Gasteiger partial charge in [-0.25, -0.2) is 4.39 Å². The van der Waals surface area contributed by atoms with Crippen LogP contribution in [-0.2, 0) is 4.79 Å². The van der Waals surface area contributed by atoms with Crippen molar-refractivity contribution < 1.29 is 19.1 Å². The van der Waals surface area contributed by atoms with Gasteiger partial charge in [0.2, 0.25) is 0 Å². The molecule has 0 radical (unpaired) electrons. The number of halogens is 1. The van der Waals surface area contributed by atoms with Crippen molar-refractivity contribution in [2.75, 3.05) is 0 Å². The topological polar surface area (TPSA) is 54.4 Å². The molecule has 0 aliphatic rings. The van der Waals surface area contributed by atoms with Gasteiger partial charge in [-0.1, -0.05) is 49.4 Å². The molecule has 1 unspecified atom stereocenters. The summed E-state index contributed by atoms with van der Waals surface area (Å²) in [6.07, 6.45) is 0.194. The first-order valence-corrected chi connectivity index (χ1v) is 6.67. The quantitative estimate of drug-likeness (QED) is 0.672. The smallest absolute Gasteiger partial charge is 0.314 e. The van der Waals surface area contributed by atoms with Crippen LogP contribution in [-0.4, -0.2) is 16.9 Å². The second kappa shape index (κ2) is 6.31. The number of carboxylic acids is 1. The summed E-state index contributed by atoms with van der Waals surface area (Å²) in [7, 11) is 0. The fourth-order valence-electron chi connectivity index (χ4n) is 2.27. The van der Waals surface area contributed by atoms with Crippen molar-refractivity contribution in [3.63, 3.8) is 0 Å². The molecule has 0 aromatic heterocycles. The third kappa shape index (κ3) is 2.99. The fraction of sp³-hybridized carbons (Fsp3) is 0.176. The number of carboxylic acid groups (broad SMARTS) is 1. The van der Waals surface area contributed by atoms with Gasteiger partial charge in [0.1, 0.15) is 11.7 Å². The third-order valence-electron chi connectivity index (χ3n) is 3.38. The Hall–Kier alpha value is -2.49. The van der Waals surface area contributed by atoms with Gasteiger partial charge in [-0.05, 0) is 18.1 Å². The van der Waals surface area contributed by atoms with Crippen LogP contribution < -0.4 is 0 Å². The highest BCUT2D eigenvalue weighted by Crippen LogP contribution is 2.28. The minimum absolute atomic E-state index is 0.194. The van der Waals surface area contributed by atoms with E-state index in [1.54, 1.807) is 43.3 Å². The number of ketones is 1.